The lowest BCUT2D eigenvalue weighted by atomic mass is 10.1. The fourth-order valence-electron chi connectivity index (χ4n) is 2.15. The molecule has 2 aliphatic rings. The summed E-state index contributed by atoms with van der Waals surface area (Å²) in [6.07, 6.45) is -0.0892. The van der Waals surface area contributed by atoms with Gasteiger partial charge in [-0.3, -0.25) is 4.90 Å². The van der Waals surface area contributed by atoms with Crippen LogP contribution in [0.2, 0.25) is 0 Å². The Hall–Kier alpha value is -1.15. The number of aliphatic hydroxyl groups excluding tert-OH is 2. The van der Waals surface area contributed by atoms with E-state index in [0.29, 0.717) is 12.0 Å². The van der Waals surface area contributed by atoms with E-state index in [9.17, 15) is 9.90 Å². The van der Waals surface area contributed by atoms with E-state index in [2.05, 4.69) is 5.32 Å². The van der Waals surface area contributed by atoms with Gasteiger partial charge in [0.1, 0.15) is 12.3 Å². The van der Waals surface area contributed by atoms with E-state index in [-0.39, 0.29) is 12.7 Å². The molecule has 7 heteroatoms. The number of amides is 2. The Labute approximate surface area is 105 Å². The second-order valence-corrected chi connectivity index (χ2v) is 4.45. The van der Waals surface area contributed by atoms with Gasteiger partial charge in [0.25, 0.3) is 0 Å². The zero-order valence-corrected chi connectivity index (χ0v) is 10.4. The molecule has 18 heavy (non-hydrogen) atoms. The van der Waals surface area contributed by atoms with Gasteiger partial charge in [-0.05, 0) is 12.5 Å². The van der Waals surface area contributed by atoms with Gasteiger partial charge in [-0.1, -0.05) is 0 Å². The van der Waals surface area contributed by atoms with Crippen molar-refractivity contribution in [1.82, 2.24) is 10.2 Å². The van der Waals surface area contributed by atoms with Crippen LogP contribution in [0.5, 0.6) is 0 Å². The number of ether oxygens (including phenoxy) is 2. The number of nitrogens with one attached hydrogen (secondary N) is 1. The molecular weight excluding hydrogens is 240 g/mol. The van der Waals surface area contributed by atoms with Crippen molar-refractivity contribution in [2.75, 3.05) is 13.7 Å². The highest BCUT2D eigenvalue weighted by Crippen LogP contribution is 2.27. The lowest BCUT2D eigenvalue weighted by Crippen LogP contribution is -2.51. The molecule has 0 aromatic carbocycles. The van der Waals surface area contributed by atoms with Crippen LogP contribution in [-0.2, 0) is 9.47 Å². The Kier molecular flexibility index (Phi) is 3.86. The molecule has 0 saturated carbocycles. The van der Waals surface area contributed by atoms with Crippen LogP contribution >= 0.6 is 0 Å². The van der Waals surface area contributed by atoms with E-state index >= 15 is 0 Å². The molecular formula is C11H18N2O5. The minimum atomic E-state index is -0.956. The number of aliphatic hydroxyl groups is 2. The van der Waals surface area contributed by atoms with Gasteiger partial charge in [0.05, 0.1) is 12.7 Å². The molecule has 3 N–H and O–H groups in total. The highest BCUT2D eigenvalue weighted by atomic mass is 16.6. The zero-order valence-electron chi connectivity index (χ0n) is 10.4. The van der Waals surface area contributed by atoms with Crippen LogP contribution in [0, 0.1) is 0 Å². The molecule has 2 rings (SSSR count). The molecule has 0 aromatic heterocycles. The topological polar surface area (TPSA) is 91.3 Å². The van der Waals surface area contributed by atoms with Crippen molar-refractivity contribution >= 4 is 6.03 Å². The molecule has 0 radical (unpaired) electrons. The molecule has 0 aromatic rings. The third-order valence-electron chi connectivity index (χ3n) is 3.24. The molecule has 1 saturated heterocycles. The monoisotopic (exact) mass is 258 g/mol. The number of methoxy groups -OCH3 is 1. The molecule has 4 atom stereocenters. The molecule has 2 heterocycles. The molecule has 7 nitrogen and oxygen atoms in total. The summed E-state index contributed by atoms with van der Waals surface area (Å²) in [6.45, 7) is 1.55. The molecule has 2 amide bonds. The lowest BCUT2D eigenvalue weighted by molar-refractivity contribution is -0.0618. The smallest absolute Gasteiger partial charge is 0.325 e. The number of carbonyl (C=O) groups excluding carboxylic acids is 1. The summed E-state index contributed by atoms with van der Waals surface area (Å²) in [5.74, 6) is 0. The standard InChI is InChI=1S/C11H18N2O5/c1-6-4-13(11(16)12-10(6)15)9-3-7(17-2)8(5-14)18-9/h4,7-10,14-15H,3,5H2,1-2H3,(H,12,16). The predicted octanol–water partition coefficient (Wildman–Crippen LogP) is -0.644. The molecule has 0 spiro atoms. The van der Waals surface area contributed by atoms with Crippen LogP contribution < -0.4 is 5.32 Å². The zero-order chi connectivity index (χ0) is 13.3. The highest BCUT2D eigenvalue weighted by molar-refractivity contribution is 5.77. The minimum absolute atomic E-state index is 0.157. The number of nitrogens with zero attached hydrogens (tertiary/aromatic N) is 1. The lowest BCUT2D eigenvalue weighted by Gasteiger charge is -2.31. The summed E-state index contributed by atoms with van der Waals surface area (Å²) < 4.78 is 10.8. The van der Waals surface area contributed by atoms with Crippen molar-refractivity contribution in [3.63, 3.8) is 0 Å². The van der Waals surface area contributed by atoms with Gasteiger partial charge < -0.3 is 25.0 Å². The molecule has 1 fully saturated rings. The quantitative estimate of drug-likeness (QED) is 0.626. The summed E-state index contributed by atoms with van der Waals surface area (Å²) in [6, 6.07) is -0.424. The maximum Gasteiger partial charge on any atom is 0.325 e. The Morgan fingerprint density at radius 2 is 2.39 bits per heavy atom. The van der Waals surface area contributed by atoms with Crippen LogP contribution in [0.4, 0.5) is 4.79 Å². The van der Waals surface area contributed by atoms with Crippen LogP contribution in [0.15, 0.2) is 11.8 Å². The first-order valence-corrected chi connectivity index (χ1v) is 5.81. The molecule has 4 unspecified atom stereocenters. The van der Waals surface area contributed by atoms with Crippen molar-refractivity contribution in [3.05, 3.63) is 11.8 Å². The van der Waals surface area contributed by atoms with Crippen molar-refractivity contribution < 1.29 is 24.5 Å². The van der Waals surface area contributed by atoms with Crippen LogP contribution in [0.25, 0.3) is 0 Å². The first-order valence-electron chi connectivity index (χ1n) is 5.81. The molecule has 2 aliphatic heterocycles. The maximum atomic E-state index is 11.8. The van der Waals surface area contributed by atoms with Gasteiger partial charge in [-0.15, -0.1) is 0 Å². The van der Waals surface area contributed by atoms with Crippen molar-refractivity contribution in [1.29, 1.82) is 0 Å². The van der Waals surface area contributed by atoms with Gasteiger partial charge in [-0.25, -0.2) is 4.79 Å². The number of hydrogen-bond acceptors (Lipinski definition) is 5. The number of urea groups is 1. The summed E-state index contributed by atoms with van der Waals surface area (Å²) in [5.41, 5.74) is 0.625. The maximum absolute atomic E-state index is 11.8. The number of carbonyl (C=O) groups is 1. The Balaban J connectivity index is 2.11. The Bertz CT molecular complexity index is 347. The minimum Gasteiger partial charge on any atom is -0.394 e. The van der Waals surface area contributed by atoms with Gasteiger partial charge in [0, 0.05) is 19.7 Å². The van der Waals surface area contributed by atoms with Gasteiger partial charge in [-0.2, -0.15) is 0 Å². The average Bonchev–Trinajstić information content (AvgIpc) is 2.76. The summed E-state index contributed by atoms with van der Waals surface area (Å²) in [4.78, 5) is 13.1. The number of hydrogen-bond donors (Lipinski definition) is 3. The van der Waals surface area contributed by atoms with Gasteiger partial charge >= 0.3 is 6.03 Å². The second kappa shape index (κ2) is 5.23. The average molecular weight is 258 g/mol. The van der Waals surface area contributed by atoms with Crippen LogP contribution in [-0.4, -0.2) is 59.5 Å². The van der Waals surface area contributed by atoms with Crippen LogP contribution in [0.1, 0.15) is 13.3 Å². The second-order valence-electron chi connectivity index (χ2n) is 4.45. The van der Waals surface area contributed by atoms with Crippen LogP contribution in [0.3, 0.4) is 0 Å². The first kappa shape index (κ1) is 13.3. The molecule has 0 aliphatic carbocycles. The Morgan fingerprint density at radius 3 is 2.94 bits per heavy atom. The molecule has 0 bridgehead atoms. The van der Waals surface area contributed by atoms with Crippen molar-refractivity contribution in [2.24, 2.45) is 0 Å². The summed E-state index contributed by atoms with van der Waals surface area (Å²) in [5, 5.41) is 21.0. The van der Waals surface area contributed by atoms with E-state index in [1.165, 1.54) is 4.90 Å². The normalized spacial score (nSPS) is 36.6. The SMILES string of the molecule is COC1CC(N2C=C(C)C(O)NC2=O)OC1CO. The largest absolute Gasteiger partial charge is 0.394 e. The number of rotatable bonds is 3. The van der Waals surface area contributed by atoms with E-state index in [4.69, 9.17) is 14.6 Å². The predicted molar refractivity (Wildman–Crippen MR) is 61.3 cm³/mol. The van der Waals surface area contributed by atoms with Crippen molar-refractivity contribution in [3.8, 4) is 0 Å². The van der Waals surface area contributed by atoms with E-state index < -0.39 is 24.6 Å². The fourth-order valence-corrected chi connectivity index (χ4v) is 2.15. The molecule has 102 valence electrons. The van der Waals surface area contributed by atoms with Gasteiger partial charge in [0.2, 0.25) is 0 Å². The van der Waals surface area contributed by atoms with E-state index in [1.807, 2.05) is 0 Å². The summed E-state index contributed by atoms with van der Waals surface area (Å²) >= 11 is 0. The van der Waals surface area contributed by atoms with E-state index in [0.717, 1.165) is 0 Å². The van der Waals surface area contributed by atoms with Crippen molar-refractivity contribution in [2.45, 2.75) is 38.0 Å². The summed E-state index contributed by atoms with van der Waals surface area (Å²) in [7, 11) is 1.54. The van der Waals surface area contributed by atoms with E-state index in [1.54, 1.807) is 20.2 Å². The highest BCUT2D eigenvalue weighted by Gasteiger charge is 2.40. The third-order valence-corrected chi connectivity index (χ3v) is 3.24. The first-order chi connectivity index (χ1) is 8.56. The Morgan fingerprint density at radius 1 is 1.67 bits per heavy atom. The van der Waals surface area contributed by atoms with Gasteiger partial charge in [0.15, 0.2) is 6.23 Å². The third kappa shape index (κ3) is 2.35. The fraction of sp³-hybridized carbons (Fsp3) is 0.727.